The Kier molecular flexibility index (Phi) is 5.25. The summed E-state index contributed by atoms with van der Waals surface area (Å²) in [5.41, 5.74) is 1.97. The van der Waals surface area contributed by atoms with Gasteiger partial charge in [0.1, 0.15) is 13.8 Å². The number of nitrogens with zero attached hydrogens (tertiary/aromatic N) is 3. The quantitative estimate of drug-likeness (QED) is 0.819. The molecule has 0 bridgehead atoms. The van der Waals surface area contributed by atoms with Crippen molar-refractivity contribution in [2.24, 2.45) is 0 Å². The van der Waals surface area contributed by atoms with Crippen molar-refractivity contribution in [1.82, 2.24) is 14.9 Å². The molecule has 0 spiro atoms. The summed E-state index contributed by atoms with van der Waals surface area (Å²) in [5, 5.41) is 2.39. The second kappa shape index (κ2) is 7.59. The third kappa shape index (κ3) is 3.71. The Morgan fingerprint density at radius 2 is 2.15 bits per heavy atom. The average Bonchev–Trinajstić information content (AvgIpc) is 2.65. The maximum absolute atomic E-state index is 13.5. The van der Waals surface area contributed by atoms with Gasteiger partial charge >= 0.3 is 0 Å². The lowest BCUT2D eigenvalue weighted by molar-refractivity contribution is -0.117. The average molecular weight is 359 g/mol. The number of carbonyl (C=O) groups is 2. The van der Waals surface area contributed by atoms with Gasteiger partial charge in [-0.25, -0.2) is 14.4 Å². The maximum Gasteiger partial charge on any atom is 0.254 e. The number of halogens is 2. The van der Waals surface area contributed by atoms with E-state index in [0.717, 1.165) is 17.9 Å². The van der Waals surface area contributed by atoms with E-state index in [2.05, 4.69) is 15.3 Å². The van der Waals surface area contributed by atoms with E-state index >= 15 is 0 Å². The molecular weight excluding hydrogens is 341 g/mol. The van der Waals surface area contributed by atoms with Crippen molar-refractivity contribution < 1.29 is 19.8 Å². The van der Waals surface area contributed by atoms with Crippen molar-refractivity contribution in [1.29, 1.82) is 0 Å². The molecule has 1 unspecified atom stereocenters. The summed E-state index contributed by atoms with van der Waals surface area (Å²) < 4.78 is 26.3. The standard InChI is InChI=1S/C17H16BF2N4O2.H2/c1-18-11-2-3-13-14(4-11)10(5-19)8-24(16(13)26)9-15(25)23-17-21-6-12(20)7-22-17;/h2-4,6-7,10H,5,8-9H2,1H3,(H,21,22,23,25);1H. The van der Waals surface area contributed by atoms with Crippen LogP contribution >= 0.6 is 0 Å². The molecule has 135 valence electrons. The van der Waals surface area contributed by atoms with E-state index < -0.39 is 24.3 Å². The number of hydrogen-bond acceptors (Lipinski definition) is 4. The first kappa shape index (κ1) is 18.0. The summed E-state index contributed by atoms with van der Waals surface area (Å²) in [7, 11) is 1.88. The van der Waals surface area contributed by atoms with Crippen LogP contribution in [-0.4, -0.2) is 53.7 Å². The van der Waals surface area contributed by atoms with Crippen LogP contribution in [0.25, 0.3) is 0 Å². The highest BCUT2D eigenvalue weighted by molar-refractivity contribution is 6.52. The van der Waals surface area contributed by atoms with Crippen LogP contribution < -0.4 is 10.8 Å². The molecule has 1 aliphatic rings. The number of benzene rings is 1. The number of rotatable bonds is 5. The van der Waals surface area contributed by atoms with E-state index in [1.165, 1.54) is 4.90 Å². The molecule has 1 aliphatic heterocycles. The normalized spacial score (nSPS) is 16.2. The Balaban J connectivity index is 0.00000261. The van der Waals surface area contributed by atoms with Gasteiger partial charge in [0.15, 0.2) is 5.82 Å². The van der Waals surface area contributed by atoms with Gasteiger partial charge in [0.05, 0.1) is 19.1 Å². The zero-order valence-electron chi connectivity index (χ0n) is 14.1. The highest BCUT2D eigenvalue weighted by Crippen LogP contribution is 2.28. The molecule has 2 aromatic rings. The predicted octanol–water partition coefficient (Wildman–Crippen LogP) is 1.39. The summed E-state index contributed by atoms with van der Waals surface area (Å²) in [4.78, 5) is 33.3. The fraction of sp³-hybridized carbons (Fsp3) is 0.294. The Bertz CT molecular complexity index is 838. The van der Waals surface area contributed by atoms with Crippen LogP contribution in [0, 0.1) is 5.82 Å². The summed E-state index contributed by atoms with van der Waals surface area (Å²) in [5.74, 6) is -2.05. The molecule has 0 saturated carbocycles. The van der Waals surface area contributed by atoms with Gasteiger partial charge in [-0.05, 0) is 11.6 Å². The van der Waals surface area contributed by atoms with Gasteiger partial charge in [0, 0.05) is 19.5 Å². The van der Waals surface area contributed by atoms with Gasteiger partial charge in [-0.2, -0.15) is 0 Å². The van der Waals surface area contributed by atoms with E-state index in [1.54, 1.807) is 18.2 Å². The van der Waals surface area contributed by atoms with Crippen LogP contribution in [0.5, 0.6) is 0 Å². The fourth-order valence-electron chi connectivity index (χ4n) is 2.89. The lowest BCUT2D eigenvalue weighted by atomic mass is 9.71. The van der Waals surface area contributed by atoms with Crippen molar-refractivity contribution in [3.63, 3.8) is 0 Å². The molecule has 0 aliphatic carbocycles. The Hall–Kier alpha value is -2.84. The minimum atomic E-state index is -0.632. The molecule has 1 aromatic carbocycles. The van der Waals surface area contributed by atoms with E-state index in [0.29, 0.717) is 11.1 Å². The summed E-state index contributed by atoms with van der Waals surface area (Å²) in [6.45, 7) is 1.07. The molecule has 2 amide bonds. The molecule has 1 aromatic heterocycles. The molecule has 2 heterocycles. The maximum atomic E-state index is 13.5. The molecule has 26 heavy (non-hydrogen) atoms. The molecule has 1 atom stereocenters. The number of fused-ring (bicyclic) bond motifs is 1. The van der Waals surface area contributed by atoms with Crippen LogP contribution in [0.2, 0.25) is 6.82 Å². The van der Waals surface area contributed by atoms with Gasteiger partial charge in [-0.3, -0.25) is 19.3 Å². The highest BCUT2D eigenvalue weighted by Gasteiger charge is 2.32. The number of carbonyl (C=O) groups excluding carboxylic acids is 2. The molecule has 9 heteroatoms. The first-order chi connectivity index (χ1) is 12.5. The monoisotopic (exact) mass is 359 g/mol. The van der Waals surface area contributed by atoms with Crippen LogP contribution in [0.3, 0.4) is 0 Å². The molecule has 1 N–H and O–H groups in total. The second-order valence-electron chi connectivity index (χ2n) is 5.95. The number of amides is 2. The van der Waals surface area contributed by atoms with Gasteiger partial charge in [-0.15, -0.1) is 0 Å². The second-order valence-corrected chi connectivity index (χ2v) is 5.95. The van der Waals surface area contributed by atoms with E-state index in [4.69, 9.17) is 0 Å². The number of anilines is 1. The first-order valence-corrected chi connectivity index (χ1v) is 8.07. The topological polar surface area (TPSA) is 75.2 Å². The third-order valence-corrected chi connectivity index (χ3v) is 4.20. The van der Waals surface area contributed by atoms with Gasteiger partial charge in [0.25, 0.3) is 5.91 Å². The van der Waals surface area contributed by atoms with Crippen molar-refractivity contribution in [3.05, 3.63) is 47.5 Å². The van der Waals surface area contributed by atoms with Crippen LogP contribution in [0.1, 0.15) is 23.3 Å². The molecule has 3 rings (SSSR count). The fourth-order valence-corrected chi connectivity index (χ4v) is 2.89. The molecule has 6 nitrogen and oxygen atoms in total. The van der Waals surface area contributed by atoms with Crippen LogP contribution in [0.15, 0.2) is 30.6 Å². The van der Waals surface area contributed by atoms with E-state index in [-0.39, 0.29) is 26.4 Å². The number of hydrogen-bond donors (Lipinski definition) is 1. The number of aromatic nitrogens is 2. The van der Waals surface area contributed by atoms with Gasteiger partial charge in [-0.1, -0.05) is 24.4 Å². The smallest absolute Gasteiger partial charge is 0.254 e. The van der Waals surface area contributed by atoms with E-state index in [1.807, 2.05) is 14.1 Å². The third-order valence-electron chi connectivity index (χ3n) is 4.20. The Morgan fingerprint density at radius 3 is 2.81 bits per heavy atom. The Labute approximate surface area is 151 Å². The summed E-state index contributed by atoms with van der Waals surface area (Å²) in [6.07, 6.45) is 1.85. The van der Waals surface area contributed by atoms with Crippen LogP contribution in [-0.2, 0) is 4.79 Å². The minimum absolute atomic E-state index is 0. The largest absolute Gasteiger partial charge is 0.329 e. The molecule has 0 fully saturated rings. The van der Waals surface area contributed by atoms with Crippen molar-refractivity contribution in [3.8, 4) is 0 Å². The van der Waals surface area contributed by atoms with Gasteiger partial charge < -0.3 is 4.90 Å². The predicted molar refractivity (Wildman–Crippen MR) is 95.0 cm³/mol. The number of nitrogens with one attached hydrogen (secondary N) is 1. The van der Waals surface area contributed by atoms with Gasteiger partial charge in [0.2, 0.25) is 11.9 Å². The molecular formula is C17H18BF2N4O2. The summed E-state index contributed by atoms with van der Waals surface area (Å²) >= 11 is 0. The minimum Gasteiger partial charge on any atom is -0.329 e. The SMILES string of the molecule is C[B]c1ccc2c(c1)C(CF)CN(CC(=O)Nc1ncc(F)cn1)C2=O.[HH]. The highest BCUT2D eigenvalue weighted by atomic mass is 19.1. The zero-order valence-corrected chi connectivity index (χ0v) is 14.1. The molecule has 1 radical (unpaired) electrons. The van der Waals surface area contributed by atoms with Crippen LogP contribution in [0.4, 0.5) is 14.7 Å². The summed E-state index contributed by atoms with van der Waals surface area (Å²) in [6, 6.07) is 5.24. The van der Waals surface area contributed by atoms with Crippen molar-refractivity contribution in [2.45, 2.75) is 12.7 Å². The zero-order chi connectivity index (χ0) is 18.7. The van der Waals surface area contributed by atoms with E-state index in [9.17, 15) is 18.4 Å². The van der Waals surface area contributed by atoms with Crippen molar-refractivity contribution in [2.75, 3.05) is 25.1 Å². The lowest BCUT2D eigenvalue weighted by Crippen LogP contribution is -2.45. The lowest BCUT2D eigenvalue weighted by Gasteiger charge is -2.33. The number of alkyl halides is 1. The van der Waals surface area contributed by atoms with Crippen molar-refractivity contribution >= 4 is 30.5 Å². The molecule has 0 saturated heterocycles. The Morgan fingerprint density at radius 1 is 1.42 bits per heavy atom. The first-order valence-electron chi connectivity index (χ1n) is 8.07.